The Morgan fingerprint density at radius 1 is 1.54 bits per heavy atom. The lowest BCUT2D eigenvalue weighted by atomic mass is 9.88. The van der Waals surface area contributed by atoms with Crippen LogP contribution in [0.25, 0.3) is 0 Å². The maximum Gasteiger partial charge on any atom is 0.240 e. The zero-order valence-electron chi connectivity index (χ0n) is 7.57. The van der Waals surface area contributed by atoms with Crippen molar-refractivity contribution in [3.8, 4) is 0 Å². The van der Waals surface area contributed by atoms with E-state index in [0.717, 1.165) is 18.9 Å². The van der Waals surface area contributed by atoms with E-state index in [9.17, 15) is 0 Å². The number of hydrogen-bond acceptors (Lipinski definition) is 5. The first kappa shape index (κ1) is 8.31. The smallest absolute Gasteiger partial charge is 0.240 e. The molecule has 0 radical (unpaired) electrons. The van der Waals surface area contributed by atoms with Crippen LogP contribution in [-0.4, -0.2) is 28.0 Å². The Hall–Kier alpha value is -1.30. The minimum atomic E-state index is 0.272. The molecule has 0 spiro atoms. The topological polar surface area (TPSA) is 94.8 Å². The van der Waals surface area contributed by atoms with E-state index < -0.39 is 0 Å². The third-order valence-corrected chi connectivity index (χ3v) is 2.68. The fraction of sp³-hybridized carbons (Fsp3) is 0.714. The molecule has 1 saturated heterocycles. The average molecular weight is 182 g/mol. The van der Waals surface area contributed by atoms with Gasteiger partial charge in [0, 0.05) is 5.92 Å². The molecule has 0 bridgehead atoms. The number of hydrogen-bond donors (Lipinski definition) is 3. The molecular formula is C7H14N6. The summed E-state index contributed by atoms with van der Waals surface area (Å²) in [6, 6.07) is 0. The largest absolute Gasteiger partial charge is 0.366 e. The second-order valence-electron chi connectivity index (χ2n) is 3.49. The molecule has 0 amide bonds. The summed E-state index contributed by atoms with van der Waals surface area (Å²) >= 11 is 0. The van der Waals surface area contributed by atoms with E-state index in [2.05, 4.69) is 22.4 Å². The average Bonchev–Trinajstić information content (AvgIpc) is 2.29. The number of nitrogen functional groups attached to an aromatic ring is 2. The van der Waals surface area contributed by atoms with Gasteiger partial charge in [-0.25, -0.2) is 4.68 Å². The molecule has 2 rings (SSSR count). The van der Waals surface area contributed by atoms with Gasteiger partial charge in [0.2, 0.25) is 5.95 Å². The van der Waals surface area contributed by atoms with Crippen molar-refractivity contribution in [2.75, 3.05) is 24.7 Å². The fourth-order valence-corrected chi connectivity index (χ4v) is 1.50. The van der Waals surface area contributed by atoms with Gasteiger partial charge in [-0.2, -0.15) is 0 Å². The first-order chi connectivity index (χ1) is 6.20. The van der Waals surface area contributed by atoms with E-state index in [4.69, 9.17) is 11.6 Å². The Kier molecular flexibility index (Phi) is 1.84. The summed E-state index contributed by atoms with van der Waals surface area (Å²) in [6.07, 6.45) is 0. The lowest BCUT2D eigenvalue weighted by Gasteiger charge is -2.31. The maximum atomic E-state index is 5.67. The second kappa shape index (κ2) is 2.88. The van der Waals surface area contributed by atoms with Gasteiger partial charge in [0.05, 0.1) is 0 Å². The van der Waals surface area contributed by atoms with Crippen molar-refractivity contribution in [2.45, 2.75) is 12.8 Å². The van der Waals surface area contributed by atoms with Crippen LogP contribution in [0, 0.1) is 5.92 Å². The van der Waals surface area contributed by atoms with Crippen molar-refractivity contribution in [2.24, 2.45) is 5.92 Å². The summed E-state index contributed by atoms with van der Waals surface area (Å²) in [6.45, 7) is 4.14. The van der Waals surface area contributed by atoms with Crippen molar-refractivity contribution in [1.82, 2.24) is 20.2 Å². The Morgan fingerprint density at radius 2 is 2.23 bits per heavy atom. The number of aromatic nitrogens is 3. The molecule has 2 heterocycles. The maximum absolute atomic E-state index is 5.67. The van der Waals surface area contributed by atoms with Crippen molar-refractivity contribution < 1.29 is 0 Å². The molecule has 1 aromatic rings. The molecule has 13 heavy (non-hydrogen) atoms. The summed E-state index contributed by atoms with van der Waals surface area (Å²) in [5.41, 5.74) is 5.49. The lowest BCUT2D eigenvalue weighted by molar-refractivity contribution is 0.293. The molecule has 5 N–H and O–H groups in total. The van der Waals surface area contributed by atoms with E-state index in [0.29, 0.717) is 11.8 Å². The number of nitrogens with two attached hydrogens (primary N) is 2. The van der Waals surface area contributed by atoms with Gasteiger partial charge < -0.3 is 16.9 Å². The molecule has 1 aliphatic heterocycles. The molecule has 1 atom stereocenters. The van der Waals surface area contributed by atoms with Gasteiger partial charge in [0.1, 0.15) is 0 Å². The zero-order valence-corrected chi connectivity index (χ0v) is 7.57. The van der Waals surface area contributed by atoms with Gasteiger partial charge in [-0.15, -0.1) is 10.2 Å². The van der Waals surface area contributed by atoms with Crippen molar-refractivity contribution in [3.63, 3.8) is 0 Å². The predicted molar refractivity (Wildman–Crippen MR) is 49.4 cm³/mol. The molecule has 72 valence electrons. The minimum Gasteiger partial charge on any atom is -0.366 e. The minimum absolute atomic E-state index is 0.272. The van der Waals surface area contributed by atoms with E-state index >= 15 is 0 Å². The second-order valence-corrected chi connectivity index (χ2v) is 3.49. The molecule has 6 heteroatoms. The lowest BCUT2D eigenvalue weighted by Crippen LogP contribution is -2.45. The van der Waals surface area contributed by atoms with Crippen LogP contribution < -0.4 is 16.9 Å². The molecule has 0 saturated carbocycles. The van der Waals surface area contributed by atoms with Crippen LogP contribution in [0.2, 0.25) is 0 Å². The highest BCUT2D eigenvalue weighted by atomic mass is 15.4. The first-order valence-electron chi connectivity index (χ1n) is 4.36. The van der Waals surface area contributed by atoms with E-state index in [1.807, 2.05) is 0 Å². The van der Waals surface area contributed by atoms with Gasteiger partial charge in [-0.05, 0) is 19.0 Å². The Labute approximate surface area is 76.3 Å². The number of nitrogens with one attached hydrogen (secondary N) is 1. The quantitative estimate of drug-likeness (QED) is 0.504. The van der Waals surface area contributed by atoms with Crippen LogP contribution >= 0.6 is 0 Å². The summed E-state index contributed by atoms with van der Waals surface area (Å²) in [5, 5.41) is 10.9. The van der Waals surface area contributed by atoms with Gasteiger partial charge in [-0.3, -0.25) is 0 Å². The summed E-state index contributed by atoms with van der Waals surface area (Å²) in [7, 11) is 0. The molecule has 1 unspecified atom stereocenters. The first-order valence-corrected chi connectivity index (χ1v) is 4.36. The van der Waals surface area contributed by atoms with Crippen molar-refractivity contribution in [3.05, 3.63) is 5.82 Å². The highest BCUT2D eigenvalue weighted by molar-refractivity contribution is 5.19. The molecule has 1 aliphatic rings. The van der Waals surface area contributed by atoms with Crippen LogP contribution in [0.15, 0.2) is 0 Å². The zero-order chi connectivity index (χ0) is 9.42. The Morgan fingerprint density at radius 3 is 2.62 bits per heavy atom. The van der Waals surface area contributed by atoms with E-state index in [1.165, 1.54) is 4.68 Å². The normalized spacial score (nSPS) is 19.8. The predicted octanol–water partition coefficient (Wildman–Crippen LogP) is -1.10. The van der Waals surface area contributed by atoms with Crippen LogP contribution in [0.1, 0.15) is 18.7 Å². The third-order valence-electron chi connectivity index (χ3n) is 2.68. The monoisotopic (exact) mass is 182 g/mol. The van der Waals surface area contributed by atoms with Crippen molar-refractivity contribution >= 4 is 5.95 Å². The van der Waals surface area contributed by atoms with Gasteiger partial charge in [0.15, 0.2) is 5.82 Å². The fourth-order valence-electron chi connectivity index (χ4n) is 1.50. The standard InChI is InChI=1S/C7H14N6/c1-4(5-2-10-3-5)6-11-12-7(8)13(6)9/h4-5,10H,2-3,9H2,1H3,(H2,8,12). The summed E-state index contributed by atoms with van der Waals surface area (Å²) < 4.78 is 1.36. The highest BCUT2D eigenvalue weighted by Crippen LogP contribution is 2.25. The van der Waals surface area contributed by atoms with Crippen LogP contribution in [0.5, 0.6) is 0 Å². The molecular weight excluding hydrogens is 168 g/mol. The van der Waals surface area contributed by atoms with E-state index in [1.54, 1.807) is 0 Å². The molecule has 1 fully saturated rings. The molecule has 1 aromatic heterocycles. The van der Waals surface area contributed by atoms with Gasteiger partial charge in [-0.1, -0.05) is 6.92 Å². The van der Waals surface area contributed by atoms with Gasteiger partial charge in [0.25, 0.3) is 0 Å². The molecule has 0 aromatic carbocycles. The molecule has 6 nitrogen and oxygen atoms in total. The SMILES string of the molecule is CC(c1nnc(N)n1N)C1CNC1. The van der Waals surface area contributed by atoms with E-state index in [-0.39, 0.29) is 5.95 Å². The van der Waals surface area contributed by atoms with Crippen LogP contribution in [-0.2, 0) is 0 Å². The van der Waals surface area contributed by atoms with Gasteiger partial charge >= 0.3 is 0 Å². The summed E-state index contributed by atoms with van der Waals surface area (Å²) in [4.78, 5) is 0. The van der Waals surface area contributed by atoms with Crippen LogP contribution in [0.3, 0.4) is 0 Å². The summed E-state index contributed by atoms with van der Waals surface area (Å²) in [5.74, 6) is 7.62. The van der Waals surface area contributed by atoms with Crippen molar-refractivity contribution in [1.29, 1.82) is 0 Å². The van der Waals surface area contributed by atoms with Crippen LogP contribution in [0.4, 0.5) is 5.95 Å². The Bertz CT molecular complexity index is 302. The number of anilines is 1. The molecule has 0 aliphatic carbocycles. The third kappa shape index (κ3) is 1.23. The number of rotatable bonds is 2. The highest BCUT2D eigenvalue weighted by Gasteiger charge is 2.28. The Balaban J connectivity index is 2.18. The number of nitrogens with zero attached hydrogens (tertiary/aromatic N) is 3.